The van der Waals surface area contributed by atoms with Gasteiger partial charge in [0.05, 0.1) is 5.52 Å². The maximum atomic E-state index is 12.2. The maximum absolute atomic E-state index is 12.2. The van der Waals surface area contributed by atoms with Crippen molar-refractivity contribution in [1.29, 1.82) is 0 Å². The summed E-state index contributed by atoms with van der Waals surface area (Å²) in [6.45, 7) is -0.455. The number of aryl methyl sites for hydroxylation is 1. The summed E-state index contributed by atoms with van der Waals surface area (Å²) < 4.78 is 19.6. The number of rotatable bonds is 5. The second kappa shape index (κ2) is 6.39. The second-order valence-electron chi connectivity index (χ2n) is 5.71. The van der Waals surface area contributed by atoms with E-state index in [1.807, 2.05) is 49.6 Å². The van der Waals surface area contributed by atoms with Crippen LogP contribution in [-0.2, 0) is 7.05 Å². The Labute approximate surface area is 144 Å². The molecule has 0 saturated heterocycles. The monoisotopic (exact) mass is 336 g/mol. The third-order valence-electron chi connectivity index (χ3n) is 4.09. The van der Waals surface area contributed by atoms with Crippen LogP contribution in [0.1, 0.15) is 0 Å². The van der Waals surface area contributed by atoms with Gasteiger partial charge in [0.15, 0.2) is 0 Å². The number of pyridine rings is 2. The summed E-state index contributed by atoms with van der Waals surface area (Å²) in [5.74, 6) is 1.36. The number of ether oxygens (including phenoxy) is 1. The molecule has 5 nitrogen and oxygen atoms in total. The molecule has 0 bridgehead atoms. The summed E-state index contributed by atoms with van der Waals surface area (Å²) in [4.78, 5) is 8.93. The molecule has 6 heteroatoms. The van der Waals surface area contributed by atoms with Gasteiger partial charge < -0.3 is 14.6 Å². The molecule has 3 aromatic heterocycles. The van der Waals surface area contributed by atoms with Crippen LogP contribution in [0.5, 0.6) is 5.75 Å². The molecule has 1 N–H and O–H groups in total. The standard InChI is InChI=1S/C19H17FN4O/c1-24-17-7-9-21-12-16(17)15-5-6-18(23-19(15)24)22-13-3-2-4-14(11-13)25-10-8-20/h2-7,9,11-12H,8,10H2,1H3,(H,22,23). The van der Waals surface area contributed by atoms with Crippen LogP contribution in [0, 0.1) is 0 Å². The molecule has 126 valence electrons. The van der Waals surface area contributed by atoms with Crippen LogP contribution >= 0.6 is 0 Å². The Hall–Kier alpha value is -3.15. The highest BCUT2D eigenvalue weighted by Crippen LogP contribution is 2.28. The SMILES string of the molecule is Cn1c2ccncc2c2ccc(Nc3cccc(OCCF)c3)nc21. The Balaban J connectivity index is 1.68. The Morgan fingerprint density at radius 2 is 2.08 bits per heavy atom. The Morgan fingerprint density at radius 3 is 2.96 bits per heavy atom. The van der Waals surface area contributed by atoms with Gasteiger partial charge in [-0.1, -0.05) is 6.07 Å². The molecule has 0 radical (unpaired) electrons. The molecular formula is C19H17FN4O. The molecular weight excluding hydrogens is 319 g/mol. The zero-order chi connectivity index (χ0) is 17.2. The molecule has 0 aliphatic heterocycles. The van der Waals surface area contributed by atoms with Crippen LogP contribution in [0.15, 0.2) is 54.9 Å². The lowest BCUT2D eigenvalue weighted by Crippen LogP contribution is -2.00. The molecule has 3 heterocycles. The smallest absolute Gasteiger partial charge is 0.143 e. The van der Waals surface area contributed by atoms with E-state index in [1.54, 1.807) is 12.3 Å². The van der Waals surface area contributed by atoms with Gasteiger partial charge in [0.25, 0.3) is 0 Å². The van der Waals surface area contributed by atoms with Crippen molar-refractivity contribution in [1.82, 2.24) is 14.5 Å². The van der Waals surface area contributed by atoms with Gasteiger partial charge in [-0.15, -0.1) is 0 Å². The zero-order valence-electron chi connectivity index (χ0n) is 13.7. The molecule has 0 fully saturated rings. The summed E-state index contributed by atoms with van der Waals surface area (Å²) in [5.41, 5.74) is 2.82. The van der Waals surface area contributed by atoms with Crippen LogP contribution in [0.3, 0.4) is 0 Å². The van der Waals surface area contributed by atoms with Crippen molar-refractivity contribution in [2.45, 2.75) is 0 Å². The van der Waals surface area contributed by atoms with Crippen molar-refractivity contribution in [3.8, 4) is 5.75 Å². The first-order valence-corrected chi connectivity index (χ1v) is 8.01. The number of benzene rings is 1. The minimum atomic E-state index is -0.508. The first-order valence-electron chi connectivity index (χ1n) is 8.01. The number of nitrogens with zero attached hydrogens (tertiary/aromatic N) is 3. The fraction of sp³-hybridized carbons (Fsp3) is 0.158. The molecule has 0 atom stereocenters. The van der Waals surface area contributed by atoms with Crippen LogP contribution in [0.4, 0.5) is 15.9 Å². The summed E-state index contributed by atoms with van der Waals surface area (Å²) in [7, 11) is 1.99. The predicted molar refractivity (Wildman–Crippen MR) is 97.2 cm³/mol. The molecule has 0 aliphatic rings. The number of nitrogens with one attached hydrogen (secondary N) is 1. The third kappa shape index (κ3) is 2.87. The summed E-state index contributed by atoms with van der Waals surface area (Å²) in [5, 5.41) is 5.42. The molecule has 4 aromatic rings. The van der Waals surface area contributed by atoms with E-state index in [0.717, 1.165) is 33.4 Å². The van der Waals surface area contributed by atoms with Gasteiger partial charge in [-0.25, -0.2) is 9.37 Å². The number of aromatic nitrogens is 3. The number of halogens is 1. The maximum Gasteiger partial charge on any atom is 0.143 e. The van der Waals surface area contributed by atoms with Crippen LogP contribution in [0.25, 0.3) is 21.9 Å². The minimum Gasteiger partial charge on any atom is -0.491 e. The molecule has 0 unspecified atom stereocenters. The lowest BCUT2D eigenvalue weighted by atomic mass is 10.2. The van der Waals surface area contributed by atoms with Crippen molar-refractivity contribution < 1.29 is 9.13 Å². The van der Waals surface area contributed by atoms with Crippen LogP contribution < -0.4 is 10.1 Å². The van der Waals surface area contributed by atoms with Crippen molar-refractivity contribution in [2.24, 2.45) is 7.05 Å². The zero-order valence-corrected chi connectivity index (χ0v) is 13.7. The molecule has 0 spiro atoms. The van der Waals surface area contributed by atoms with Gasteiger partial charge in [-0.3, -0.25) is 4.98 Å². The van der Waals surface area contributed by atoms with Gasteiger partial charge in [0.1, 0.15) is 30.5 Å². The quantitative estimate of drug-likeness (QED) is 0.593. The average molecular weight is 336 g/mol. The molecule has 4 rings (SSSR count). The molecule has 1 aromatic carbocycles. The number of alkyl halides is 1. The van der Waals surface area contributed by atoms with Crippen LogP contribution in [-0.4, -0.2) is 27.8 Å². The third-order valence-corrected chi connectivity index (χ3v) is 4.09. The van der Waals surface area contributed by atoms with E-state index in [0.29, 0.717) is 5.75 Å². The molecule has 0 aliphatic carbocycles. The molecule has 25 heavy (non-hydrogen) atoms. The van der Waals surface area contributed by atoms with E-state index in [-0.39, 0.29) is 6.61 Å². The number of fused-ring (bicyclic) bond motifs is 3. The lowest BCUT2D eigenvalue weighted by molar-refractivity contribution is 0.273. The van der Waals surface area contributed by atoms with Gasteiger partial charge in [-0.2, -0.15) is 0 Å². The number of hydrogen-bond acceptors (Lipinski definition) is 4. The number of anilines is 2. The van der Waals surface area contributed by atoms with Gasteiger partial charge >= 0.3 is 0 Å². The molecule has 0 amide bonds. The van der Waals surface area contributed by atoms with Gasteiger partial charge in [-0.05, 0) is 30.3 Å². The highest BCUT2D eigenvalue weighted by molar-refractivity contribution is 6.06. The van der Waals surface area contributed by atoms with Crippen molar-refractivity contribution in [3.63, 3.8) is 0 Å². The van der Waals surface area contributed by atoms with E-state index >= 15 is 0 Å². The normalized spacial score (nSPS) is 11.1. The Morgan fingerprint density at radius 1 is 1.16 bits per heavy atom. The lowest BCUT2D eigenvalue weighted by Gasteiger charge is -2.09. The van der Waals surface area contributed by atoms with Crippen molar-refractivity contribution in [2.75, 3.05) is 18.6 Å². The fourth-order valence-electron chi connectivity index (χ4n) is 2.95. The van der Waals surface area contributed by atoms with Crippen LogP contribution in [0.2, 0.25) is 0 Å². The second-order valence-corrected chi connectivity index (χ2v) is 5.71. The average Bonchev–Trinajstić information content (AvgIpc) is 2.93. The first kappa shape index (κ1) is 15.4. The topological polar surface area (TPSA) is 52.0 Å². The van der Waals surface area contributed by atoms with E-state index in [2.05, 4.69) is 14.9 Å². The van der Waals surface area contributed by atoms with Gasteiger partial charge in [0.2, 0.25) is 0 Å². The largest absolute Gasteiger partial charge is 0.491 e. The van der Waals surface area contributed by atoms with E-state index in [4.69, 9.17) is 9.72 Å². The van der Waals surface area contributed by atoms with Crippen molar-refractivity contribution in [3.05, 3.63) is 54.9 Å². The Kier molecular flexibility index (Phi) is 3.93. The Bertz CT molecular complexity index is 1040. The summed E-state index contributed by atoms with van der Waals surface area (Å²) in [6.07, 6.45) is 3.64. The van der Waals surface area contributed by atoms with E-state index in [1.165, 1.54) is 0 Å². The predicted octanol–water partition coefficient (Wildman–Crippen LogP) is 4.21. The highest BCUT2D eigenvalue weighted by atomic mass is 19.1. The fourth-order valence-corrected chi connectivity index (χ4v) is 2.95. The number of hydrogen-bond donors (Lipinski definition) is 1. The summed E-state index contributed by atoms with van der Waals surface area (Å²) >= 11 is 0. The van der Waals surface area contributed by atoms with E-state index in [9.17, 15) is 4.39 Å². The van der Waals surface area contributed by atoms with Crippen molar-refractivity contribution >= 4 is 33.4 Å². The summed E-state index contributed by atoms with van der Waals surface area (Å²) in [6, 6.07) is 13.4. The first-order chi connectivity index (χ1) is 12.3. The van der Waals surface area contributed by atoms with E-state index < -0.39 is 6.67 Å². The highest BCUT2D eigenvalue weighted by Gasteiger charge is 2.10. The minimum absolute atomic E-state index is 0.0532. The van der Waals surface area contributed by atoms with Gasteiger partial charge in [0, 0.05) is 42.0 Å². The molecule has 0 saturated carbocycles.